The highest BCUT2D eigenvalue weighted by Crippen LogP contribution is 2.47. The van der Waals surface area contributed by atoms with E-state index in [2.05, 4.69) is 52.8 Å². The second kappa shape index (κ2) is 9.31. The van der Waals surface area contributed by atoms with Gasteiger partial charge in [-0.05, 0) is 80.7 Å². The molecule has 3 atom stereocenters. The zero-order valence-corrected chi connectivity index (χ0v) is 19.0. The summed E-state index contributed by atoms with van der Waals surface area (Å²) < 4.78 is 0. The van der Waals surface area contributed by atoms with E-state index in [4.69, 9.17) is 5.73 Å². The van der Waals surface area contributed by atoms with Gasteiger partial charge in [0.15, 0.2) is 0 Å². The summed E-state index contributed by atoms with van der Waals surface area (Å²) in [4.78, 5) is 15.3. The molecule has 0 bridgehead atoms. The third kappa shape index (κ3) is 5.40. The Kier molecular flexibility index (Phi) is 6.51. The van der Waals surface area contributed by atoms with E-state index in [-0.39, 0.29) is 18.0 Å². The fourth-order valence-electron chi connectivity index (χ4n) is 4.74. The Bertz CT molecular complexity index is 905. The summed E-state index contributed by atoms with van der Waals surface area (Å²) in [7, 11) is 0. The number of nitrogens with one attached hydrogen (secondary N) is 2. The number of rotatable bonds is 7. The second-order valence-electron chi connectivity index (χ2n) is 9.49. The number of anilines is 2. The molecule has 1 saturated carbocycles. The fraction of sp³-hybridized carbons (Fsp3) is 0.500. The lowest BCUT2D eigenvalue weighted by molar-refractivity contribution is -0.122. The molecule has 1 heterocycles. The van der Waals surface area contributed by atoms with Crippen molar-refractivity contribution in [3.63, 3.8) is 0 Å². The van der Waals surface area contributed by atoms with Crippen LogP contribution in [-0.4, -0.2) is 42.5 Å². The second-order valence-corrected chi connectivity index (χ2v) is 9.49. The number of amides is 1. The maximum atomic E-state index is 12.7. The Morgan fingerprint density at radius 3 is 2.52 bits per heavy atom. The van der Waals surface area contributed by atoms with Crippen LogP contribution in [0.5, 0.6) is 0 Å². The zero-order chi connectivity index (χ0) is 22.0. The Morgan fingerprint density at radius 2 is 1.81 bits per heavy atom. The van der Waals surface area contributed by atoms with Crippen molar-refractivity contribution in [3.05, 3.63) is 59.2 Å². The standard InChI is InChI=1S/C26H36N4O/c1-17-13-24(27)25(14-18(17)2)28-19(3)26(31)29-22-9-11-30(12-10-22)16-21-15-23(21)20-7-5-4-6-8-20/h4-8,13-14,19,21-23,28H,9-12,15-16,27H2,1-3H3,(H,29,31). The first kappa shape index (κ1) is 21.7. The smallest absolute Gasteiger partial charge is 0.242 e. The Hall–Kier alpha value is -2.53. The number of nitrogen functional groups attached to an aromatic ring is 1. The molecule has 31 heavy (non-hydrogen) atoms. The van der Waals surface area contributed by atoms with Gasteiger partial charge in [0.05, 0.1) is 11.4 Å². The minimum atomic E-state index is -0.319. The number of carbonyl (C=O) groups is 1. The van der Waals surface area contributed by atoms with E-state index in [0.717, 1.165) is 49.0 Å². The summed E-state index contributed by atoms with van der Waals surface area (Å²) in [6, 6.07) is 14.8. The lowest BCUT2D eigenvalue weighted by Gasteiger charge is -2.33. The van der Waals surface area contributed by atoms with Crippen LogP contribution < -0.4 is 16.4 Å². The van der Waals surface area contributed by atoms with Crippen molar-refractivity contribution in [1.82, 2.24) is 10.2 Å². The van der Waals surface area contributed by atoms with Crippen LogP contribution in [0.3, 0.4) is 0 Å². The molecule has 2 fully saturated rings. The van der Waals surface area contributed by atoms with Crippen molar-refractivity contribution in [1.29, 1.82) is 0 Å². The quantitative estimate of drug-likeness (QED) is 0.591. The van der Waals surface area contributed by atoms with Gasteiger partial charge < -0.3 is 21.3 Å². The van der Waals surface area contributed by atoms with Gasteiger partial charge in [0.25, 0.3) is 0 Å². The van der Waals surface area contributed by atoms with Gasteiger partial charge in [0.2, 0.25) is 5.91 Å². The molecule has 5 heteroatoms. The van der Waals surface area contributed by atoms with Crippen molar-refractivity contribution in [2.75, 3.05) is 30.7 Å². The number of hydrogen-bond acceptors (Lipinski definition) is 4. The van der Waals surface area contributed by atoms with Crippen molar-refractivity contribution in [2.45, 2.75) is 58.0 Å². The van der Waals surface area contributed by atoms with Gasteiger partial charge in [-0.1, -0.05) is 30.3 Å². The van der Waals surface area contributed by atoms with Crippen LogP contribution >= 0.6 is 0 Å². The Balaban J connectivity index is 1.20. The van der Waals surface area contributed by atoms with Crippen molar-refractivity contribution in [2.24, 2.45) is 5.92 Å². The summed E-state index contributed by atoms with van der Waals surface area (Å²) >= 11 is 0. The Labute approximate surface area is 186 Å². The minimum Gasteiger partial charge on any atom is -0.397 e. The predicted molar refractivity (Wildman–Crippen MR) is 128 cm³/mol. The lowest BCUT2D eigenvalue weighted by atomic mass is 10.0. The van der Waals surface area contributed by atoms with Crippen LogP contribution in [-0.2, 0) is 4.79 Å². The highest BCUT2D eigenvalue weighted by atomic mass is 16.2. The molecule has 0 radical (unpaired) electrons. The van der Waals surface area contributed by atoms with Crippen molar-refractivity contribution < 1.29 is 4.79 Å². The number of aryl methyl sites for hydroxylation is 2. The van der Waals surface area contributed by atoms with E-state index < -0.39 is 0 Å². The molecule has 1 aliphatic carbocycles. The predicted octanol–water partition coefficient (Wildman–Crippen LogP) is 4.07. The van der Waals surface area contributed by atoms with E-state index in [9.17, 15) is 4.79 Å². The summed E-state index contributed by atoms with van der Waals surface area (Å²) in [5.74, 6) is 1.58. The van der Waals surface area contributed by atoms with Crippen LogP contribution in [0.15, 0.2) is 42.5 Å². The van der Waals surface area contributed by atoms with Crippen LogP contribution in [0.2, 0.25) is 0 Å². The topological polar surface area (TPSA) is 70.4 Å². The average molecular weight is 421 g/mol. The van der Waals surface area contributed by atoms with Gasteiger partial charge >= 0.3 is 0 Å². The minimum absolute atomic E-state index is 0.0439. The fourth-order valence-corrected chi connectivity index (χ4v) is 4.74. The molecule has 4 rings (SSSR count). The highest BCUT2D eigenvalue weighted by Gasteiger charge is 2.39. The molecule has 4 N–H and O–H groups in total. The first-order valence-electron chi connectivity index (χ1n) is 11.6. The van der Waals surface area contributed by atoms with Gasteiger partial charge in [-0.2, -0.15) is 0 Å². The van der Waals surface area contributed by atoms with Gasteiger partial charge in [0, 0.05) is 25.7 Å². The molecule has 2 aliphatic rings. The number of likely N-dealkylation sites (tertiary alicyclic amines) is 1. The van der Waals surface area contributed by atoms with Crippen LogP contribution in [0.4, 0.5) is 11.4 Å². The summed E-state index contributed by atoms with van der Waals surface area (Å²) in [5.41, 5.74) is 11.5. The molecule has 1 aliphatic heterocycles. The molecular weight excluding hydrogens is 384 g/mol. The zero-order valence-electron chi connectivity index (χ0n) is 19.0. The molecule has 3 unspecified atom stereocenters. The average Bonchev–Trinajstić information content (AvgIpc) is 3.53. The van der Waals surface area contributed by atoms with Crippen LogP contribution in [0, 0.1) is 19.8 Å². The van der Waals surface area contributed by atoms with Gasteiger partial charge in [-0.3, -0.25) is 4.79 Å². The molecule has 0 aromatic heterocycles. The third-order valence-electron chi connectivity index (χ3n) is 7.01. The summed E-state index contributed by atoms with van der Waals surface area (Å²) in [6.45, 7) is 9.31. The van der Waals surface area contributed by atoms with Crippen LogP contribution in [0.1, 0.15) is 48.8 Å². The number of nitrogens with two attached hydrogens (primary N) is 1. The third-order valence-corrected chi connectivity index (χ3v) is 7.01. The van der Waals surface area contributed by atoms with E-state index in [1.165, 1.54) is 24.1 Å². The van der Waals surface area contributed by atoms with Crippen LogP contribution in [0.25, 0.3) is 0 Å². The maximum Gasteiger partial charge on any atom is 0.242 e. The highest BCUT2D eigenvalue weighted by molar-refractivity contribution is 5.85. The lowest BCUT2D eigenvalue weighted by Crippen LogP contribution is -2.48. The molecule has 1 amide bonds. The largest absolute Gasteiger partial charge is 0.397 e. The van der Waals surface area contributed by atoms with Gasteiger partial charge in [-0.15, -0.1) is 0 Å². The van der Waals surface area contributed by atoms with E-state index in [0.29, 0.717) is 5.69 Å². The molecule has 2 aromatic rings. The normalized spacial score (nSPS) is 22.7. The number of piperidine rings is 1. The van der Waals surface area contributed by atoms with Crippen molar-refractivity contribution >= 4 is 17.3 Å². The van der Waals surface area contributed by atoms with Gasteiger partial charge in [-0.25, -0.2) is 0 Å². The Morgan fingerprint density at radius 1 is 1.13 bits per heavy atom. The van der Waals surface area contributed by atoms with E-state index in [1.54, 1.807) is 0 Å². The number of benzene rings is 2. The molecule has 2 aromatic carbocycles. The monoisotopic (exact) mass is 420 g/mol. The van der Waals surface area contributed by atoms with E-state index >= 15 is 0 Å². The maximum absolute atomic E-state index is 12.7. The first-order chi connectivity index (χ1) is 14.9. The molecule has 1 saturated heterocycles. The molecule has 0 spiro atoms. The first-order valence-corrected chi connectivity index (χ1v) is 11.6. The van der Waals surface area contributed by atoms with Crippen molar-refractivity contribution in [3.8, 4) is 0 Å². The number of hydrogen-bond donors (Lipinski definition) is 3. The van der Waals surface area contributed by atoms with Gasteiger partial charge in [0.1, 0.15) is 6.04 Å². The number of carbonyl (C=O) groups excluding carboxylic acids is 1. The SMILES string of the molecule is Cc1cc(N)c(NC(C)C(=O)NC2CCN(CC3CC3c3ccccc3)CC2)cc1C. The number of nitrogens with zero attached hydrogens (tertiary/aromatic N) is 1. The summed E-state index contributed by atoms with van der Waals surface area (Å²) in [6.07, 6.45) is 3.35. The summed E-state index contributed by atoms with van der Waals surface area (Å²) in [5, 5.41) is 6.52. The van der Waals surface area contributed by atoms with E-state index in [1.807, 2.05) is 26.0 Å². The molecule has 166 valence electrons. The molecular formula is C26H36N4O. The molecule has 5 nitrogen and oxygen atoms in total.